The fourth-order valence-corrected chi connectivity index (χ4v) is 4.70. The normalized spacial score (nSPS) is 27.8. The van der Waals surface area contributed by atoms with E-state index < -0.39 is 12.0 Å². The number of carboxylic acid groups (broad SMARTS) is 1. The molecule has 1 aliphatic heterocycles. The molecule has 20 heavy (non-hydrogen) atoms. The maximum Gasteiger partial charge on any atom is 0.327 e. The molecule has 2 atom stereocenters. The first-order chi connectivity index (χ1) is 9.63. The number of aliphatic carboxylic acids is 1. The Morgan fingerprint density at radius 3 is 2.55 bits per heavy atom. The maximum absolute atomic E-state index is 12.4. The van der Waals surface area contributed by atoms with Gasteiger partial charge in [0, 0.05) is 12.2 Å². The predicted molar refractivity (Wildman–Crippen MR) is 80.6 cm³/mol. The molecule has 4 nitrogen and oxygen atoms in total. The molecule has 114 valence electrons. The number of carbonyl (C=O) groups excluding carboxylic acids is 1. The van der Waals surface area contributed by atoms with Gasteiger partial charge in [0.1, 0.15) is 6.04 Å². The summed E-state index contributed by atoms with van der Waals surface area (Å²) >= 11 is 1.60. The monoisotopic (exact) mass is 299 g/mol. The minimum Gasteiger partial charge on any atom is -0.480 e. The zero-order valence-electron chi connectivity index (χ0n) is 12.2. The van der Waals surface area contributed by atoms with Crippen molar-refractivity contribution in [3.63, 3.8) is 0 Å². The summed E-state index contributed by atoms with van der Waals surface area (Å²) in [5.41, 5.74) is 0. The van der Waals surface area contributed by atoms with E-state index in [-0.39, 0.29) is 11.3 Å². The highest BCUT2D eigenvalue weighted by Crippen LogP contribution is 2.33. The fourth-order valence-electron chi connectivity index (χ4n) is 3.34. The van der Waals surface area contributed by atoms with Crippen molar-refractivity contribution in [2.24, 2.45) is 5.92 Å². The van der Waals surface area contributed by atoms with E-state index in [2.05, 4.69) is 0 Å². The number of nitrogens with zero attached hydrogens (tertiary/aromatic N) is 1. The van der Waals surface area contributed by atoms with E-state index in [0.29, 0.717) is 18.1 Å². The largest absolute Gasteiger partial charge is 0.480 e. The van der Waals surface area contributed by atoms with E-state index in [1.807, 2.05) is 6.92 Å². The molecule has 1 N–H and O–H groups in total. The first-order valence-electron chi connectivity index (χ1n) is 7.79. The van der Waals surface area contributed by atoms with Crippen LogP contribution in [0.25, 0.3) is 0 Å². The molecule has 1 aliphatic carbocycles. The van der Waals surface area contributed by atoms with Crippen LogP contribution in [0.3, 0.4) is 0 Å². The molecule has 0 spiro atoms. The van der Waals surface area contributed by atoms with Crippen LogP contribution in [-0.2, 0) is 9.59 Å². The van der Waals surface area contributed by atoms with Gasteiger partial charge < -0.3 is 10.0 Å². The average molecular weight is 299 g/mol. The second-order valence-corrected chi connectivity index (χ2v) is 7.10. The third kappa shape index (κ3) is 3.68. The van der Waals surface area contributed by atoms with Crippen molar-refractivity contribution in [1.29, 1.82) is 0 Å². The summed E-state index contributed by atoms with van der Waals surface area (Å²) in [5, 5.41) is 9.31. The van der Waals surface area contributed by atoms with Gasteiger partial charge in [-0.15, -0.1) is 11.8 Å². The topological polar surface area (TPSA) is 57.6 Å². The first-order valence-corrected chi connectivity index (χ1v) is 8.84. The molecule has 1 heterocycles. The number of hydrogen-bond acceptors (Lipinski definition) is 3. The van der Waals surface area contributed by atoms with Crippen LogP contribution < -0.4 is 0 Å². The molecule has 0 aromatic carbocycles. The molecule has 5 heteroatoms. The summed E-state index contributed by atoms with van der Waals surface area (Å²) in [6.07, 6.45) is 8.65. The maximum atomic E-state index is 12.4. The average Bonchev–Trinajstić information content (AvgIpc) is 2.90. The van der Waals surface area contributed by atoms with Crippen molar-refractivity contribution >= 4 is 23.6 Å². The van der Waals surface area contributed by atoms with Crippen molar-refractivity contribution in [3.05, 3.63) is 0 Å². The fraction of sp³-hybridized carbons (Fsp3) is 0.867. The number of amides is 1. The zero-order valence-corrected chi connectivity index (χ0v) is 13.0. The summed E-state index contributed by atoms with van der Waals surface area (Å²) in [5.74, 6) is 0.383. The zero-order chi connectivity index (χ0) is 14.5. The smallest absolute Gasteiger partial charge is 0.327 e. The van der Waals surface area contributed by atoms with Gasteiger partial charge in [-0.3, -0.25) is 4.79 Å². The number of thioether (sulfide) groups is 1. The molecule has 0 radical (unpaired) electrons. The van der Waals surface area contributed by atoms with E-state index in [1.165, 1.54) is 32.1 Å². The molecule has 2 aliphatic rings. The summed E-state index contributed by atoms with van der Waals surface area (Å²) in [6, 6.07) is -0.621. The third-order valence-corrected chi connectivity index (χ3v) is 5.96. The van der Waals surface area contributed by atoms with Gasteiger partial charge in [0.15, 0.2) is 0 Å². The Labute approximate surface area is 125 Å². The van der Waals surface area contributed by atoms with E-state index in [1.54, 1.807) is 16.7 Å². The van der Waals surface area contributed by atoms with Crippen molar-refractivity contribution < 1.29 is 14.7 Å². The van der Waals surface area contributed by atoms with Crippen LogP contribution >= 0.6 is 11.8 Å². The summed E-state index contributed by atoms with van der Waals surface area (Å²) in [7, 11) is 0. The van der Waals surface area contributed by atoms with Crippen LogP contribution in [0.15, 0.2) is 0 Å². The molecular formula is C15H25NO3S. The highest BCUT2D eigenvalue weighted by molar-refractivity contribution is 8.00. The van der Waals surface area contributed by atoms with E-state index >= 15 is 0 Å². The van der Waals surface area contributed by atoms with E-state index in [4.69, 9.17) is 0 Å². The standard InChI is InChI=1S/C15H25NO3S/c1-2-14-16(12(10-20-14)15(18)19)13(17)9-8-11-6-4-3-5-7-11/h11-12,14H,2-10H2,1H3,(H,18,19). The molecule has 0 aromatic rings. The van der Waals surface area contributed by atoms with Crippen molar-refractivity contribution in [2.75, 3.05) is 5.75 Å². The molecule has 2 unspecified atom stereocenters. The Balaban J connectivity index is 1.89. The Bertz CT molecular complexity index is 355. The lowest BCUT2D eigenvalue weighted by Crippen LogP contribution is -2.45. The molecule has 2 fully saturated rings. The lowest BCUT2D eigenvalue weighted by atomic mass is 9.86. The van der Waals surface area contributed by atoms with Crippen molar-refractivity contribution in [1.82, 2.24) is 4.90 Å². The summed E-state index contributed by atoms with van der Waals surface area (Å²) < 4.78 is 0. The first kappa shape index (κ1) is 15.7. The van der Waals surface area contributed by atoms with Crippen LogP contribution in [0, 0.1) is 5.92 Å². The quantitative estimate of drug-likeness (QED) is 0.847. The van der Waals surface area contributed by atoms with Gasteiger partial charge in [-0.2, -0.15) is 0 Å². The molecule has 1 amide bonds. The SMILES string of the molecule is CCC1SCC(C(=O)O)N1C(=O)CCC1CCCCC1. The van der Waals surface area contributed by atoms with Gasteiger partial charge in [0.05, 0.1) is 5.37 Å². The Hall–Kier alpha value is -0.710. The van der Waals surface area contributed by atoms with Gasteiger partial charge >= 0.3 is 5.97 Å². The second-order valence-electron chi connectivity index (χ2n) is 5.89. The van der Waals surface area contributed by atoms with Crippen LogP contribution in [0.1, 0.15) is 58.3 Å². The van der Waals surface area contributed by atoms with Gasteiger partial charge in [-0.1, -0.05) is 39.0 Å². The van der Waals surface area contributed by atoms with E-state index in [9.17, 15) is 14.7 Å². The minimum absolute atomic E-state index is 0.0415. The molecule has 0 bridgehead atoms. The number of rotatable bonds is 5. The van der Waals surface area contributed by atoms with Crippen molar-refractivity contribution in [2.45, 2.75) is 69.7 Å². The van der Waals surface area contributed by atoms with Crippen LogP contribution in [0.5, 0.6) is 0 Å². The second kappa shape index (κ2) is 7.34. The highest BCUT2D eigenvalue weighted by atomic mass is 32.2. The Morgan fingerprint density at radius 1 is 1.25 bits per heavy atom. The summed E-state index contributed by atoms with van der Waals surface area (Å²) in [6.45, 7) is 2.02. The van der Waals surface area contributed by atoms with Gasteiger partial charge in [-0.05, 0) is 18.8 Å². The van der Waals surface area contributed by atoms with Crippen LogP contribution in [0.2, 0.25) is 0 Å². The van der Waals surface area contributed by atoms with Gasteiger partial charge in [-0.25, -0.2) is 4.79 Å². The van der Waals surface area contributed by atoms with Gasteiger partial charge in [0.25, 0.3) is 0 Å². The van der Waals surface area contributed by atoms with Crippen LogP contribution in [-0.4, -0.2) is 39.1 Å². The number of carboxylic acids is 1. The number of hydrogen-bond donors (Lipinski definition) is 1. The lowest BCUT2D eigenvalue weighted by molar-refractivity contribution is -0.149. The molecule has 2 rings (SSSR count). The predicted octanol–water partition coefficient (Wildman–Crippen LogP) is 3.11. The summed E-state index contributed by atoms with van der Waals surface area (Å²) in [4.78, 5) is 25.3. The molecule has 1 saturated carbocycles. The molecular weight excluding hydrogens is 274 g/mol. The van der Waals surface area contributed by atoms with Gasteiger partial charge in [0.2, 0.25) is 5.91 Å². The number of carbonyl (C=O) groups is 2. The molecule has 0 aromatic heterocycles. The highest BCUT2D eigenvalue weighted by Gasteiger charge is 2.40. The van der Waals surface area contributed by atoms with E-state index in [0.717, 1.165) is 12.8 Å². The lowest BCUT2D eigenvalue weighted by Gasteiger charge is -2.28. The van der Waals surface area contributed by atoms with Crippen molar-refractivity contribution in [3.8, 4) is 0 Å². The third-order valence-electron chi connectivity index (χ3n) is 4.51. The molecule has 1 saturated heterocycles. The minimum atomic E-state index is -0.862. The van der Waals surface area contributed by atoms with Crippen LogP contribution in [0.4, 0.5) is 0 Å². The Morgan fingerprint density at radius 2 is 1.95 bits per heavy atom. The Kier molecular flexibility index (Phi) is 5.75.